The van der Waals surface area contributed by atoms with Crippen molar-refractivity contribution in [1.82, 2.24) is 0 Å². The molecule has 48 heavy (non-hydrogen) atoms. The lowest BCUT2D eigenvalue weighted by atomic mass is 9.74. The average molecular weight is 695 g/mol. The molecule has 1 saturated heterocycles. The molecule has 1 heterocycles. The highest BCUT2D eigenvalue weighted by Crippen LogP contribution is 2.46. The summed E-state index contributed by atoms with van der Waals surface area (Å²) in [5.74, 6) is -11.1. The molecule has 0 N–H and O–H groups in total. The number of benzene rings is 2. The minimum atomic E-state index is -5.16. The van der Waals surface area contributed by atoms with Crippen molar-refractivity contribution in [2.24, 2.45) is 23.7 Å². The average Bonchev–Trinajstić information content (AvgIpc) is 3.04. The third-order valence-electron chi connectivity index (χ3n) is 10.5. The fourth-order valence-electron chi connectivity index (χ4n) is 7.65. The molecule has 12 heteroatoms. The van der Waals surface area contributed by atoms with E-state index in [2.05, 4.69) is 11.7 Å². The molecule has 2 saturated carbocycles. The maximum Gasteiger partial charge on any atom is 0.400 e. The normalized spacial score (nSPS) is 27.3. The summed E-state index contributed by atoms with van der Waals surface area (Å²) in [6.07, 6.45) is 1.03. The fraction of sp³-hybridized carbons (Fsp3) is 0.667. The maximum atomic E-state index is 15.3. The Labute approximate surface area is 275 Å². The van der Waals surface area contributed by atoms with Gasteiger partial charge in [0.1, 0.15) is 23.2 Å². The van der Waals surface area contributed by atoms with E-state index in [9.17, 15) is 35.1 Å². The standard InChI is InChI=1S/C36H43F9O3/c1-2-3-4-5-21-6-8-22(9-7-21)25-19-46-33(47-20-25)24-12-15-28(29(37)16-24)23-10-13-26(14-11-23)36(44,45)48-27-17-30(38)32(31(39)18-27)35(42,43)34(40)41/h12,15-18,21-23,25-26,33-34H,2-11,13-14,19-20H2,1H3. The zero-order valence-corrected chi connectivity index (χ0v) is 27.0. The third-order valence-corrected chi connectivity index (χ3v) is 10.5. The Morgan fingerprint density at radius 1 is 0.771 bits per heavy atom. The van der Waals surface area contributed by atoms with Gasteiger partial charge in [-0.3, -0.25) is 0 Å². The molecule has 2 aromatic carbocycles. The van der Waals surface area contributed by atoms with Crippen LogP contribution >= 0.6 is 0 Å². The lowest BCUT2D eigenvalue weighted by Gasteiger charge is -2.38. The molecule has 0 radical (unpaired) electrons. The van der Waals surface area contributed by atoms with E-state index in [4.69, 9.17) is 9.47 Å². The monoisotopic (exact) mass is 694 g/mol. The van der Waals surface area contributed by atoms with Gasteiger partial charge in [-0.15, -0.1) is 0 Å². The number of halogens is 9. The van der Waals surface area contributed by atoms with Crippen molar-refractivity contribution in [3.63, 3.8) is 0 Å². The van der Waals surface area contributed by atoms with Gasteiger partial charge in [-0.25, -0.2) is 22.0 Å². The zero-order valence-electron chi connectivity index (χ0n) is 27.0. The smallest absolute Gasteiger partial charge is 0.400 e. The summed E-state index contributed by atoms with van der Waals surface area (Å²) < 4.78 is 142. The largest absolute Gasteiger partial charge is 0.432 e. The summed E-state index contributed by atoms with van der Waals surface area (Å²) in [6, 6.07) is 4.76. The number of hydrogen-bond donors (Lipinski definition) is 0. The Hall–Kier alpha value is -2.47. The van der Waals surface area contributed by atoms with Gasteiger partial charge in [0.15, 0.2) is 6.29 Å². The first-order valence-electron chi connectivity index (χ1n) is 17.0. The van der Waals surface area contributed by atoms with Gasteiger partial charge < -0.3 is 14.2 Å². The maximum absolute atomic E-state index is 15.3. The van der Waals surface area contributed by atoms with E-state index in [1.165, 1.54) is 57.4 Å². The topological polar surface area (TPSA) is 27.7 Å². The van der Waals surface area contributed by atoms with Crippen LogP contribution in [0.2, 0.25) is 0 Å². The summed E-state index contributed by atoms with van der Waals surface area (Å²) in [6.45, 7) is 3.31. The number of alkyl halides is 6. The van der Waals surface area contributed by atoms with E-state index < -0.39 is 59.4 Å². The van der Waals surface area contributed by atoms with Crippen LogP contribution in [0, 0.1) is 41.1 Å². The second kappa shape index (κ2) is 15.6. The molecule has 0 aromatic heterocycles. The lowest BCUT2D eigenvalue weighted by Crippen LogP contribution is -2.37. The molecular formula is C36H43F9O3. The third kappa shape index (κ3) is 8.45. The second-order valence-electron chi connectivity index (χ2n) is 13.7. The minimum Gasteiger partial charge on any atom is -0.432 e. The van der Waals surface area contributed by atoms with Gasteiger partial charge in [0, 0.05) is 23.6 Å². The highest BCUT2D eigenvalue weighted by atomic mass is 19.3. The van der Waals surface area contributed by atoms with Crippen molar-refractivity contribution in [2.75, 3.05) is 13.2 Å². The summed E-state index contributed by atoms with van der Waals surface area (Å²) in [5, 5.41) is 0. The highest BCUT2D eigenvalue weighted by molar-refractivity contribution is 5.34. The number of rotatable bonds is 12. The van der Waals surface area contributed by atoms with Crippen LogP contribution in [0.5, 0.6) is 5.75 Å². The Morgan fingerprint density at radius 3 is 1.96 bits per heavy atom. The van der Waals surface area contributed by atoms with E-state index in [0.29, 0.717) is 36.2 Å². The van der Waals surface area contributed by atoms with Crippen molar-refractivity contribution < 1.29 is 53.7 Å². The Morgan fingerprint density at radius 2 is 1.40 bits per heavy atom. The molecule has 0 bridgehead atoms. The van der Waals surface area contributed by atoms with Crippen LogP contribution in [0.1, 0.15) is 113 Å². The van der Waals surface area contributed by atoms with Crippen molar-refractivity contribution >= 4 is 0 Å². The van der Waals surface area contributed by atoms with Crippen molar-refractivity contribution in [2.45, 2.75) is 115 Å². The molecule has 5 rings (SSSR count). The van der Waals surface area contributed by atoms with Crippen LogP contribution in [0.15, 0.2) is 30.3 Å². The van der Waals surface area contributed by atoms with Crippen LogP contribution in [0.4, 0.5) is 39.5 Å². The SMILES string of the molecule is CCCCCC1CCC(C2COC(c3ccc(C4CCC(C(F)(F)Oc5cc(F)c(C(F)(F)C(F)F)c(F)c5)CC4)c(F)c3)OC2)CC1. The van der Waals surface area contributed by atoms with Gasteiger partial charge in [0.2, 0.25) is 0 Å². The molecule has 3 nitrogen and oxygen atoms in total. The Bertz CT molecular complexity index is 1320. The van der Waals surface area contributed by atoms with Crippen LogP contribution in [-0.4, -0.2) is 25.7 Å². The lowest BCUT2D eigenvalue weighted by molar-refractivity contribution is -0.222. The number of ether oxygens (including phenoxy) is 3. The van der Waals surface area contributed by atoms with Gasteiger partial charge in [-0.1, -0.05) is 57.6 Å². The van der Waals surface area contributed by atoms with Crippen LogP contribution in [0.3, 0.4) is 0 Å². The van der Waals surface area contributed by atoms with Gasteiger partial charge in [0.05, 0.1) is 24.7 Å². The zero-order chi connectivity index (χ0) is 34.6. The van der Waals surface area contributed by atoms with Crippen LogP contribution in [0.25, 0.3) is 0 Å². The van der Waals surface area contributed by atoms with Crippen molar-refractivity contribution in [1.29, 1.82) is 0 Å². The highest BCUT2D eigenvalue weighted by Gasteiger charge is 2.49. The molecule has 3 aliphatic rings. The Balaban J connectivity index is 1.11. The van der Waals surface area contributed by atoms with Gasteiger partial charge in [-0.2, -0.15) is 17.6 Å². The number of hydrogen-bond acceptors (Lipinski definition) is 3. The molecule has 2 aliphatic carbocycles. The van der Waals surface area contributed by atoms with Crippen molar-refractivity contribution in [3.05, 3.63) is 64.5 Å². The molecule has 2 aromatic rings. The van der Waals surface area contributed by atoms with E-state index in [1.807, 2.05) is 0 Å². The molecule has 1 aliphatic heterocycles. The van der Waals surface area contributed by atoms with E-state index >= 15 is 4.39 Å². The Kier molecular flexibility index (Phi) is 12.0. The predicted octanol–water partition coefficient (Wildman–Crippen LogP) is 11.5. The minimum absolute atomic E-state index is 0.0332. The van der Waals surface area contributed by atoms with Gasteiger partial charge in [0.25, 0.3) is 0 Å². The first-order chi connectivity index (χ1) is 22.8. The molecular weight excluding hydrogens is 651 g/mol. The van der Waals surface area contributed by atoms with Crippen molar-refractivity contribution in [3.8, 4) is 5.75 Å². The first-order valence-corrected chi connectivity index (χ1v) is 17.0. The van der Waals surface area contributed by atoms with Gasteiger partial charge >= 0.3 is 18.5 Å². The predicted molar refractivity (Wildman–Crippen MR) is 161 cm³/mol. The summed E-state index contributed by atoms with van der Waals surface area (Å²) in [4.78, 5) is 0. The summed E-state index contributed by atoms with van der Waals surface area (Å²) in [7, 11) is 0. The second-order valence-corrected chi connectivity index (χ2v) is 13.7. The molecule has 0 spiro atoms. The first kappa shape index (κ1) is 36.8. The van der Waals surface area contributed by atoms with E-state index in [1.54, 1.807) is 12.1 Å². The summed E-state index contributed by atoms with van der Waals surface area (Å²) >= 11 is 0. The van der Waals surface area contributed by atoms with Crippen LogP contribution in [-0.2, 0) is 15.4 Å². The number of unbranched alkanes of at least 4 members (excludes halogenated alkanes) is 2. The molecule has 268 valence electrons. The summed E-state index contributed by atoms with van der Waals surface area (Å²) in [5.41, 5.74) is -1.32. The van der Waals surface area contributed by atoms with E-state index in [-0.39, 0.29) is 43.7 Å². The molecule has 0 amide bonds. The molecule has 0 unspecified atom stereocenters. The molecule has 3 fully saturated rings. The van der Waals surface area contributed by atoms with Gasteiger partial charge in [-0.05, 0) is 67.9 Å². The van der Waals surface area contributed by atoms with E-state index in [0.717, 1.165) is 5.92 Å². The van der Waals surface area contributed by atoms with Crippen LogP contribution < -0.4 is 4.74 Å². The fourth-order valence-corrected chi connectivity index (χ4v) is 7.65. The molecule has 0 atom stereocenters. The quantitative estimate of drug-likeness (QED) is 0.164.